The predicted molar refractivity (Wildman–Crippen MR) is 78.8 cm³/mol. The van der Waals surface area contributed by atoms with Gasteiger partial charge in [0.1, 0.15) is 11.6 Å². The fourth-order valence-corrected chi connectivity index (χ4v) is 2.54. The van der Waals surface area contributed by atoms with Crippen LogP contribution in [0.4, 0.5) is 4.39 Å². The zero-order chi connectivity index (χ0) is 13.1. The van der Waals surface area contributed by atoms with Gasteiger partial charge in [0.2, 0.25) is 0 Å². The normalized spacial score (nSPS) is 10.9. The first-order valence-electron chi connectivity index (χ1n) is 5.14. The molecule has 1 aromatic heterocycles. The standard InChI is InChI=1S/C12H9Br3FNO/c13-8-1-2-11(16)7(3-8)5-17-6-9-4-10(14)12(15)18-9/h1-4,17H,5-6H2. The van der Waals surface area contributed by atoms with Crippen LogP contribution in [0.15, 0.2) is 42.3 Å². The van der Waals surface area contributed by atoms with Gasteiger partial charge in [-0.15, -0.1) is 0 Å². The second-order valence-corrected chi connectivity index (χ2v) is 6.16. The molecule has 18 heavy (non-hydrogen) atoms. The highest BCUT2D eigenvalue weighted by Gasteiger charge is 2.07. The number of benzene rings is 1. The molecular weight excluding hydrogens is 433 g/mol. The molecule has 0 spiro atoms. The molecule has 2 aromatic rings. The zero-order valence-electron chi connectivity index (χ0n) is 9.14. The van der Waals surface area contributed by atoms with E-state index < -0.39 is 0 Å². The molecule has 1 heterocycles. The van der Waals surface area contributed by atoms with Gasteiger partial charge < -0.3 is 9.73 Å². The smallest absolute Gasteiger partial charge is 0.183 e. The summed E-state index contributed by atoms with van der Waals surface area (Å²) < 4.78 is 21.3. The van der Waals surface area contributed by atoms with E-state index in [9.17, 15) is 4.39 Å². The maximum Gasteiger partial charge on any atom is 0.183 e. The number of halogens is 4. The molecule has 0 aliphatic rings. The van der Waals surface area contributed by atoms with Crippen molar-refractivity contribution >= 4 is 47.8 Å². The van der Waals surface area contributed by atoms with Crippen LogP contribution in [-0.4, -0.2) is 0 Å². The van der Waals surface area contributed by atoms with Gasteiger partial charge in [0, 0.05) is 16.6 Å². The van der Waals surface area contributed by atoms with Gasteiger partial charge in [-0.2, -0.15) is 0 Å². The van der Waals surface area contributed by atoms with Crippen molar-refractivity contribution in [3.63, 3.8) is 0 Å². The minimum Gasteiger partial charge on any atom is -0.452 e. The van der Waals surface area contributed by atoms with Crippen LogP contribution in [0.2, 0.25) is 0 Å². The van der Waals surface area contributed by atoms with Crippen LogP contribution < -0.4 is 5.32 Å². The lowest BCUT2D eigenvalue weighted by Gasteiger charge is -2.05. The van der Waals surface area contributed by atoms with Crippen molar-refractivity contribution in [2.75, 3.05) is 0 Å². The van der Waals surface area contributed by atoms with Crippen molar-refractivity contribution in [1.82, 2.24) is 5.32 Å². The Hall–Kier alpha value is -0.170. The SMILES string of the molecule is Fc1ccc(Br)cc1CNCc1cc(Br)c(Br)o1. The molecular formula is C12H9Br3FNO. The van der Waals surface area contributed by atoms with Crippen molar-refractivity contribution in [1.29, 1.82) is 0 Å². The summed E-state index contributed by atoms with van der Waals surface area (Å²) in [5.74, 6) is 0.566. The van der Waals surface area contributed by atoms with Gasteiger partial charge in [-0.25, -0.2) is 4.39 Å². The minimum atomic E-state index is -0.215. The second-order valence-electron chi connectivity index (χ2n) is 3.67. The van der Waals surface area contributed by atoms with Crippen molar-refractivity contribution in [2.24, 2.45) is 0 Å². The third kappa shape index (κ3) is 3.66. The molecule has 0 atom stereocenters. The number of rotatable bonds is 4. The molecule has 0 radical (unpaired) electrons. The molecule has 0 amide bonds. The van der Waals surface area contributed by atoms with Crippen LogP contribution in [0.5, 0.6) is 0 Å². The van der Waals surface area contributed by atoms with Crippen molar-refractivity contribution in [3.05, 3.63) is 55.0 Å². The lowest BCUT2D eigenvalue weighted by Crippen LogP contribution is -2.13. The first kappa shape index (κ1) is 14.2. The van der Waals surface area contributed by atoms with Crippen LogP contribution in [0.3, 0.4) is 0 Å². The second kappa shape index (κ2) is 6.32. The van der Waals surface area contributed by atoms with Gasteiger partial charge >= 0.3 is 0 Å². The molecule has 0 aliphatic carbocycles. The third-order valence-electron chi connectivity index (χ3n) is 2.32. The molecule has 6 heteroatoms. The van der Waals surface area contributed by atoms with Gasteiger partial charge in [0.25, 0.3) is 0 Å². The first-order valence-corrected chi connectivity index (χ1v) is 7.52. The summed E-state index contributed by atoms with van der Waals surface area (Å²) >= 11 is 9.93. The quantitative estimate of drug-likeness (QED) is 0.722. The molecule has 0 saturated carbocycles. The molecule has 0 saturated heterocycles. The summed E-state index contributed by atoms with van der Waals surface area (Å²) in [6, 6.07) is 6.76. The van der Waals surface area contributed by atoms with E-state index in [4.69, 9.17) is 4.42 Å². The average Bonchev–Trinajstić information content (AvgIpc) is 2.63. The van der Waals surface area contributed by atoms with E-state index >= 15 is 0 Å². The lowest BCUT2D eigenvalue weighted by molar-refractivity contribution is 0.462. The van der Waals surface area contributed by atoms with Gasteiger partial charge in [-0.05, 0) is 56.1 Å². The van der Waals surface area contributed by atoms with E-state index in [1.54, 1.807) is 12.1 Å². The summed E-state index contributed by atoms with van der Waals surface area (Å²) in [7, 11) is 0. The van der Waals surface area contributed by atoms with Crippen LogP contribution in [0.25, 0.3) is 0 Å². The minimum absolute atomic E-state index is 0.215. The van der Waals surface area contributed by atoms with Crippen LogP contribution in [-0.2, 0) is 13.1 Å². The van der Waals surface area contributed by atoms with Crippen LogP contribution >= 0.6 is 47.8 Å². The summed E-state index contributed by atoms with van der Waals surface area (Å²) in [6.07, 6.45) is 0. The highest BCUT2D eigenvalue weighted by atomic mass is 79.9. The molecule has 0 fully saturated rings. The molecule has 96 valence electrons. The summed E-state index contributed by atoms with van der Waals surface area (Å²) in [5.41, 5.74) is 0.620. The Kier molecular flexibility index (Phi) is 5.00. The Bertz CT molecular complexity index is 537. The maximum atomic E-state index is 13.5. The van der Waals surface area contributed by atoms with Crippen molar-refractivity contribution < 1.29 is 8.81 Å². The fraction of sp³-hybridized carbons (Fsp3) is 0.167. The number of hydrogen-bond acceptors (Lipinski definition) is 2. The molecule has 1 aromatic carbocycles. The van der Waals surface area contributed by atoms with E-state index in [2.05, 4.69) is 53.1 Å². The number of furan rings is 1. The van der Waals surface area contributed by atoms with Crippen LogP contribution in [0.1, 0.15) is 11.3 Å². The summed E-state index contributed by atoms with van der Waals surface area (Å²) in [5, 5.41) is 3.13. The van der Waals surface area contributed by atoms with E-state index in [0.29, 0.717) is 23.3 Å². The molecule has 1 N–H and O–H groups in total. The number of nitrogens with one attached hydrogen (secondary N) is 1. The molecule has 2 nitrogen and oxygen atoms in total. The van der Waals surface area contributed by atoms with Crippen LogP contribution in [0, 0.1) is 5.82 Å². The van der Waals surface area contributed by atoms with Gasteiger partial charge in [-0.3, -0.25) is 0 Å². The molecule has 2 rings (SSSR count). The summed E-state index contributed by atoms with van der Waals surface area (Å²) in [4.78, 5) is 0. The van der Waals surface area contributed by atoms with Gasteiger partial charge in [-0.1, -0.05) is 15.9 Å². The van der Waals surface area contributed by atoms with Crippen molar-refractivity contribution in [2.45, 2.75) is 13.1 Å². The van der Waals surface area contributed by atoms with E-state index in [0.717, 1.165) is 14.7 Å². The Morgan fingerprint density at radius 2 is 1.89 bits per heavy atom. The Labute approximate surface area is 129 Å². The Morgan fingerprint density at radius 1 is 1.11 bits per heavy atom. The lowest BCUT2D eigenvalue weighted by atomic mass is 10.2. The topological polar surface area (TPSA) is 25.2 Å². The third-order valence-corrected chi connectivity index (χ3v) is 4.52. The Morgan fingerprint density at radius 3 is 2.56 bits per heavy atom. The molecule has 0 unspecified atom stereocenters. The van der Waals surface area contributed by atoms with E-state index in [1.165, 1.54) is 6.07 Å². The maximum absolute atomic E-state index is 13.5. The van der Waals surface area contributed by atoms with Crippen molar-refractivity contribution in [3.8, 4) is 0 Å². The highest BCUT2D eigenvalue weighted by molar-refractivity contribution is 9.13. The Balaban J connectivity index is 1.94. The van der Waals surface area contributed by atoms with Gasteiger partial charge in [0.05, 0.1) is 11.0 Å². The average molecular weight is 442 g/mol. The molecule has 0 bridgehead atoms. The van der Waals surface area contributed by atoms with E-state index in [-0.39, 0.29) is 5.82 Å². The van der Waals surface area contributed by atoms with Gasteiger partial charge in [0.15, 0.2) is 4.67 Å². The largest absolute Gasteiger partial charge is 0.452 e. The highest BCUT2D eigenvalue weighted by Crippen LogP contribution is 2.26. The summed E-state index contributed by atoms with van der Waals surface area (Å²) in [6.45, 7) is 0.983. The first-order chi connectivity index (χ1) is 8.56. The van der Waals surface area contributed by atoms with E-state index in [1.807, 2.05) is 6.07 Å². The fourth-order valence-electron chi connectivity index (χ4n) is 1.48. The predicted octanol–water partition coefficient (Wildman–Crippen LogP) is 5.00. The zero-order valence-corrected chi connectivity index (χ0v) is 13.9. The number of hydrogen-bond donors (Lipinski definition) is 1. The monoisotopic (exact) mass is 439 g/mol. The molecule has 0 aliphatic heterocycles.